The van der Waals surface area contributed by atoms with Gasteiger partial charge in [-0.3, -0.25) is 11.3 Å². The van der Waals surface area contributed by atoms with Crippen molar-refractivity contribution >= 4 is 0 Å². The average molecular weight is 278 g/mol. The summed E-state index contributed by atoms with van der Waals surface area (Å²) >= 11 is 0. The van der Waals surface area contributed by atoms with E-state index in [4.69, 9.17) is 15.3 Å². The first kappa shape index (κ1) is 15.7. The van der Waals surface area contributed by atoms with Crippen LogP contribution >= 0.6 is 0 Å². The van der Waals surface area contributed by atoms with Crippen LogP contribution in [0.2, 0.25) is 0 Å². The van der Waals surface area contributed by atoms with Gasteiger partial charge in [-0.1, -0.05) is 6.07 Å². The zero-order valence-corrected chi connectivity index (χ0v) is 10.5. The number of rotatable bonds is 8. The van der Waals surface area contributed by atoms with E-state index in [0.29, 0.717) is 12.0 Å². The summed E-state index contributed by atoms with van der Waals surface area (Å²) in [5.74, 6) is 4.99. The lowest BCUT2D eigenvalue weighted by Crippen LogP contribution is -2.29. The Hall–Kier alpha value is -1.31. The number of nitrogens with one attached hydrogen (secondary N) is 1. The number of ether oxygens (including phenoxy) is 2. The van der Waals surface area contributed by atoms with Crippen LogP contribution in [-0.2, 0) is 4.74 Å². The molecule has 0 amide bonds. The van der Waals surface area contributed by atoms with Gasteiger partial charge in [0, 0.05) is 12.6 Å². The highest BCUT2D eigenvalue weighted by molar-refractivity contribution is 5.30. The van der Waals surface area contributed by atoms with Crippen LogP contribution in [-0.4, -0.2) is 26.7 Å². The Balaban J connectivity index is 2.56. The summed E-state index contributed by atoms with van der Waals surface area (Å²) in [5, 5.41) is 0. The molecule has 1 aromatic rings. The molecule has 1 atom stereocenters. The molecule has 19 heavy (non-hydrogen) atoms. The van der Waals surface area contributed by atoms with E-state index < -0.39 is 18.8 Å². The van der Waals surface area contributed by atoms with Gasteiger partial charge in [-0.2, -0.15) is 0 Å². The van der Waals surface area contributed by atoms with Crippen LogP contribution in [0.25, 0.3) is 0 Å². The zero-order chi connectivity index (χ0) is 14.3. The van der Waals surface area contributed by atoms with Crippen LogP contribution < -0.4 is 16.0 Å². The second-order valence-electron chi connectivity index (χ2n) is 3.87. The smallest absolute Gasteiger partial charge is 0.261 e. The van der Waals surface area contributed by atoms with Gasteiger partial charge in [0.25, 0.3) is 6.43 Å². The number of halogens is 3. The molecule has 0 radical (unpaired) electrons. The number of alkyl halides is 2. The molecule has 4 nitrogen and oxygen atoms in total. The maximum Gasteiger partial charge on any atom is 0.261 e. The Labute approximate surface area is 109 Å². The summed E-state index contributed by atoms with van der Waals surface area (Å²) < 4.78 is 46.8. The normalized spacial score (nSPS) is 12.7. The van der Waals surface area contributed by atoms with Crippen molar-refractivity contribution in [2.45, 2.75) is 18.9 Å². The van der Waals surface area contributed by atoms with Crippen LogP contribution in [0.3, 0.4) is 0 Å². The second-order valence-corrected chi connectivity index (χ2v) is 3.87. The zero-order valence-electron chi connectivity index (χ0n) is 10.5. The van der Waals surface area contributed by atoms with Crippen LogP contribution in [0, 0.1) is 5.82 Å². The molecule has 1 unspecified atom stereocenters. The monoisotopic (exact) mass is 278 g/mol. The van der Waals surface area contributed by atoms with Crippen molar-refractivity contribution in [1.82, 2.24) is 5.43 Å². The molecule has 0 aliphatic heterocycles. The van der Waals surface area contributed by atoms with Gasteiger partial charge in [-0.25, -0.2) is 13.2 Å². The lowest BCUT2D eigenvalue weighted by Gasteiger charge is -2.17. The third kappa shape index (κ3) is 5.06. The number of benzene rings is 1. The number of nitrogens with two attached hydrogens (primary N) is 1. The van der Waals surface area contributed by atoms with Crippen molar-refractivity contribution in [3.05, 3.63) is 29.6 Å². The fourth-order valence-corrected chi connectivity index (χ4v) is 1.62. The molecule has 108 valence electrons. The predicted molar refractivity (Wildman–Crippen MR) is 64.5 cm³/mol. The minimum absolute atomic E-state index is 0.104. The Bertz CT molecular complexity index is 391. The predicted octanol–water partition coefficient (Wildman–Crippen LogP) is 2.01. The third-order valence-electron chi connectivity index (χ3n) is 2.57. The average Bonchev–Trinajstić information content (AvgIpc) is 2.38. The minimum atomic E-state index is -2.50. The van der Waals surface area contributed by atoms with Gasteiger partial charge in [-0.15, -0.1) is 0 Å². The Morgan fingerprint density at radius 1 is 1.37 bits per heavy atom. The molecular weight excluding hydrogens is 261 g/mol. The van der Waals surface area contributed by atoms with E-state index >= 15 is 0 Å². The SMILES string of the molecule is COc1ccc(C(CCOCC(F)F)NN)cc1F. The first-order chi connectivity index (χ1) is 9.08. The lowest BCUT2D eigenvalue weighted by atomic mass is 10.0. The van der Waals surface area contributed by atoms with E-state index in [1.807, 2.05) is 0 Å². The van der Waals surface area contributed by atoms with Crippen molar-refractivity contribution in [1.29, 1.82) is 0 Å². The molecule has 0 heterocycles. The number of methoxy groups -OCH3 is 1. The second kappa shape index (κ2) is 7.98. The van der Waals surface area contributed by atoms with Crippen molar-refractivity contribution in [2.24, 2.45) is 5.84 Å². The van der Waals surface area contributed by atoms with E-state index in [9.17, 15) is 13.2 Å². The van der Waals surface area contributed by atoms with Crippen molar-refractivity contribution in [3.63, 3.8) is 0 Å². The minimum Gasteiger partial charge on any atom is -0.494 e. The topological polar surface area (TPSA) is 56.5 Å². The Morgan fingerprint density at radius 3 is 2.63 bits per heavy atom. The molecule has 3 N–H and O–H groups in total. The van der Waals surface area contributed by atoms with Gasteiger partial charge < -0.3 is 9.47 Å². The van der Waals surface area contributed by atoms with Gasteiger partial charge in [0.1, 0.15) is 6.61 Å². The van der Waals surface area contributed by atoms with Crippen LogP contribution in [0.1, 0.15) is 18.0 Å². The van der Waals surface area contributed by atoms with Crippen molar-refractivity contribution in [2.75, 3.05) is 20.3 Å². The maximum absolute atomic E-state index is 13.5. The van der Waals surface area contributed by atoms with Crippen molar-refractivity contribution in [3.8, 4) is 5.75 Å². The molecule has 0 fully saturated rings. The molecule has 1 aromatic carbocycles. The summed E-state index contributed by atoms with van der Waals surface area (Å²) in [6, 6.07) is 4.04. The molecule has 0 saturated heterocycles. The fraction of sp³-hybridized carbons (Fsp3) is 0.500. The molecule has 0 aromatic heterocycles. The molecule has 0 spiro atoms. The van der Waals surface area contributed by atoms with E-state index in [2.05, 4.69) is 5.43 Å². The molecule has 7 heteroatoms. The third-order valence-corrected chi connectivity index (χ3v) is 2.57. The van der Waals surface area contributed by atoms with E-state index in [1.165, 1.54) is 19.2 Å². The van der Waals surface area contributed by atoms with Gasteiger partial charge in [0.05, 0.1) is 7.11 Å². The standard InChI is InChI=1S/C12H17F3N2O2/c1-18-11-3-2-8(6-9(11)13)10(17-16)4-5-19-7-12(14)15/h2-3,6,10,12,17H,4-5,7,16H2,1H3. The van der Waals surface area contributed by atoms with Gasteiger partial charge in [0.15, 0.2) is 11.6 Å². The Kier molecular flexibility index (Phi) is 6.61. The van der Waals surface area contributed by atoms with E-state index in [1.54, 1.807) is 6.07 Å². The summed E-state index contributed by atoms with van der Waals surface area (Å²) in [5.41, 5.74) is 3.09. The van der Waals surface area contributed by atoms with Gasteiger partial charge in [-0.05, 0) is 24.1 Å². The first-order valence-corrected chi connectivity index (χ1v) is 5.74. The largest absolute Gasteiger partial charge is 0.494 e. The molecule has 0 aliphatic rings. The van der Waals surface area contributed by atoms with E-state index in [0.717, 1.165) is 0 Å². The van der Waals surface area contributed by atoms with Crippen molar-refractivity contribution < 1.29 is 22.6 Å². The lowest BCUT2D eigenvalue weighted by molar-refractivity contribution is 0.0143. The fourth-order valence-electron chi connectivity index (χ4n) is 1.62. The Morgan fingerprint density at radius 2 is 2.11 bits per heavy atom. The number of hydrogen-bond acceptors (Lipinski definition) is 4. The van der Waals surface area contributed by atoms with E-state index in [-0.39, 0.29) is 18.4 Å². The van der Waals surface area contributed by atoms with Gasteiger partial charge in [0.2, 0.25) is 0 Å². The highest BCUT2D eigenvalue weighted by Crippen LogP contribution is 2.23. The molecule has 1 rings (SSSR count). The molecule has 0 bridgehead atoms. The van der Waals surface area contributed by atoms with Crippen LogP contribution in [0.15, 0.2) is 18.2 Å². The van der Waals surface area contributed by atoms with Crippen LogP contribution in [0.5, 0.6) is 5.75 Å². The first-order valence-electron chi connectivity index (χ1n) is 5.74. The summed E-state index contributed by atoms with van der Waals surface area (Å²) in [7, 11) is 1.37. The molecule has 0 aliphatic carbocycles. The number of hydrazine groups is 1. The molecule has 0 saturated carbocycles. The molecular formula is C12H17F3N2O2. The highest BCUT2D eigenvalue weighted by atomic mass is 19.3. The summed E-state index contributed by atoms with van der Waals surface area (Å²) in [4.78, 5) is 0. The number of hydrogen-bond donors (Lipinski definition) is 2. The summed E-state index contributed by atoms with van der Waals surface area (Å²) in [6.07, 6.45) is -2.14. The van der Waals surface area contributed by atoms with Crippen LogP contribution in [0.4, 0.5) is 13.2 Å². The highest BCUT2D eigenvalue weighted by Gasteiger charge is 2.13. The quantitative estimate of drug-likeness (QED) is 0.434. The maximum atomic E-state index is 13.5. The summed E-state index contributed by atoms with van der Waals surface area (Å²) in [6.45, 7) is -0.513. The van der Waals surface area contributed by atoms with Gasteiger partial charge >= 0.3 is 0 Å².